The number of hydrogen-bond donors (Lipinski definition) is 2. The van der Waals surface area contributed by atoms with E-state index >= 15 is 0 Å². The van der Waals surface area contributed by atoms with Gasteiger partial charge in [0.25, 0.3) is 10.1 Å². The minimum atomic E-state index is -4.32. The van der Waals surface area contributed by atoms with Crippen LogP contribution in [0, 0.1) is 6.92 Å². The molecule has 0 aliphatic heterocycles. The van der Waals surface area contributed by atoms with Crippen molar-refractivity contribution < 1.29 is 52.4 Å². The van der Waals surface area contributed by atoms with Gasteiger partial charge in [-0.2, -0.15) is 14.8 Å². The summed E-state index contributed by atoms with van der Waals surface area (Å²) in [6, 6.07) is 0. The minimum absolute atomic E-state index is 0. The van der Waals surface area contributed by atoms with Crippen molar-refractivity contribution in [2.24, 2.45) is 0 Å². The molecule has 170 valence electrons. The molecule has 0 fully saturated rings. The van der Waals surface area contributed by atoms with E-state index in [1.165, 1.54) is 109 Å². The molecule has 0 atom stereocenters. The SMILES string of the molecule is O=C(O)CS(=O)(=O)O.[CH2-]CCCCCCCCCCCCCCCCCCC.[Na+]. The van der Waals surface area contributed by atoms with Gasteiger partial charge in [-0.3, -0.25) is 9.35 Å². The third-order valence-electron chi connectivity index (χ3n) is 4.66. The van der Waals surface area contributed by atoms with E-state index in [2.05, 4.69) is 13.8 Å². The predicted molar refractivity (Wildman–Crippen MR) is 118 cm³/mol. The van der Waals surface area contributed by atoms with Gasteiger partial charge in [-0.05, 0) is 0 Å². The van der Waals surface area contributed by atoms with Crippen LogP contribution in [0.1, 0.15) is 122 Å². The van der Waals surface area contributed by atoms with Crippen LogP contribution >= 0.6 is 0 Å². The molecule has 0 unspecified atom stereocenters. The molecule has 0 aromatic rings. The van der Waals surface area contributed by atoms with Crippen LogP contribution in [0.5, 0.6) is 0 Å². The molecule has 0 amide bonds. The van der Waals surface area contributed by atoms with Crippen LogP contribution in [0.15, 0.2) is 0 Å². The Morgan fingerprint density at radius 2 is 0.966 bits per heavy atom. The molecule has 0 radical (unpaired) electrons. The van der Waals surface area contributed by atoms with Crippen LogP contribution < -0.4 is 29.6 Å². The topological polar surface area (TPSA) is 91.7 Å². The number of carboxylic acids is 1. The summed E-state index contributed by atoms with van der Waals surface area (Å²) in [5.41, 5.74) is 0. The van der Waals surface area contributed by atoms with Crippen molar-refractivity contribution in [1.82, 2.24) is 0 Å². The van der Waals surface area contributed by atoms with E-state index in [4.69, 9.17) is 9.66 Å². The Bertz CT molecular complexity index is 409. The molecule has 0 heterocycles. The van der Waals surface area contributed by atoms with Crippen LogP contribution in [0.3, 0.4) is 0 Å². The molecule has 0 saturated heterocycles. The average Bonchev–Trinajstić information content (AvgIpc) is 2.60. The van der Waals surface area contributed by atoms with Crippen molar-refractivity contribution in [1.29, 1.82) is 0 Å². The molecule has 0 bridgehead atoms. The monoisotopic (exact) mass is 444 g/mol. The van der Waals surface area contributed by atoms with Gasteiger partial charge in [0.2, 0.25) is 0 Å². The molecule has 0 aromatic carbocycles. The van der Waals surface area contributed by atoms with Crippen LogP contribution in [0.25, 0.3) is 0 Å². The summed E-state index contributed by atoms with van der Waals surface area (Å²) in [6.45, 7) is 6.19. The Morgan fingerprint density at radius 1 is 0.690 bits per heavy atom. The molecule has 0 rings (SSSR count). The normalized spacial score (nSPS) is 10.7. The van der Waals surface area contributed by atoms with E-state index in [0.717, 1.165) is 6.42 Å². The van der Waals surface area contributed by atoms with E-state index in [1.807, 2.05) is 0 Å². The summed E-state index contributed by atoms with van der Waals surface area (Å²) in [5, 5.41) is 7.71. The van der Waals surface area contributed by atoms with Gasteiger partial charge in [-0.1, -0.05) is 116 Å². The zero-order valence-corrected chi connectivity index (χ0v) is 22.0. The van der Waals surface area contributed by atoms with Crippen LogP contribution in [-0.4, -0.2) is 29.8 Å². The largest absolute Gasteiger partial charge is 1.00 e. The first-order chi connectivity index (χ1) is 13.3. The van der Waals surface area contributed by atoms with Gasteiger partial charge in [0.1, 0.15) is 0 Å². The van der Waals surface area contributed by atoms with E-state index in [9.17, 15) is 13.2 Å². The van der Waals surface area contributed by atoms with Crippen molar-refractivity contribution >= 4 is 16.1 Å². The zero-order valence-electron chi connectivity index (χ0n) is 19.2. The van der Waals surface area contributed by atoms with Crippen LogP contribution in [-0.2, 0) is 14.9 Å². The number of hydrogen-bond acceptors (Lipinski definition) is 3. The molecule has 0 spiro atoms. The van der Waals surface area contributed by atoms with Crippen molar-refractivity contribution in [3.8, 4) is 0 Å². The third kappa shape index (κ3) is 39.4. The molecule has 29 heavy (non-hydrogen) atoms. The average molecular weight is 445 g/mol. The van der Waals surface area contributed by atoms with Crippen LogP contribution in [0.2, 0.25) is 0 Å². The van der Waals surface area contributed by atoms with E-state index < -0.39 is 21.8 Å². The first kappa shape index (κ1) is 34.0. The fourth-order valence-electron chi connectivity index (χ4n) is 3.06. The summed E-state index contributed by atoms with van der Waals surface area (Å²) < 4.78 is 27.0. The van der Waals surface area contributed by atoms with E-state index in [1.54, 1.807) is 0 Å². The maximum atomic E-state index is 9.62. The molecule has 0 aliphatic carbocycles. The number of aliphatic carboxylic acids is 1. The molecule has 2 N–H and O–H groups in total. The Morgan fingerprint density at radius 3 is 1.14 bits per heavy atom. The van der Waals surface area contributed by atoms with Gasteiger partial charge in [-0.15, -0.1) is 0 Å². The number of rotatable bonds is 19. The maximum Gasteiger partial charge on any atom is 1.00 e. The number of unbranched alkanes of at least 4 members (excludes halogenated alkanes) is 17. The molecule has 0 aromatic heterocycles. The second kappa shape index (κ2) is 26.4. The van der Waals surface area contributed by atoms with Gasteiger partial charge in [0.05, 0.1) is 0 Å². The standard InChI is InChI=1S/C20H41.C2H4O5S.Na/c1-3-5-7-9-11-13-15-17-19-20-18-16-14-12-10-8-6-4-2;3-2(4)1-8(5,6)7;/h1,3-20H2,2H3;1H2,(H,3,4)(H,5,6,7);/q-1;;+1. The summed E-state index contributed by atoms with van der Waals surface area (Å²) in [7, 11) is -4.32. The van der Waals surface area contributed by atoms with Crippen molar-refractivity contribution in [2.75, 3.05) is 5.75 Å². The minimum Gasteiger partial charge on any atom is -0.480 e. The first-order valence-electron chi connectivity index (χ1n) is 11.3. The summed E-state index contributed by atoms with van der Waals surface area (Å²) in [6.07, 6.45) is 25.8. The van der Waals surface area contributed by atoms with Gasteiger partial charge in [0, 0.05) is 0 Å². The third-order valence-corrected chi connectivity index (χ3v) is 5.27. The smallest absolute Gasteiger partial charge is 0.480 e. The Balaban J connectivity index is -0.000000636. The maximum absolute atomic E-state index is 9.62. The second-order valence-electron chi connectivity index (χ2n) is 7.63. The first-order valence-corrected chi connectivity index (χ1v) is 12.9. The van der Waals surface area contributed by atoms with Gasteiger partial charge < -0.3 is 12.0 Å². The van der Waals surface area contributed by atoms with Gasteiger partial charge >= 0.3 is 35.5 Å². The quantitative estimate of drug-likeness (QED) is 0.137. The molecule has 5 nitrogen and oxygen atoms in total. The Labute approximate surface area is 202 Å². The summed E-state index contributed by atoms with van der Waals surface area (Å²) >= 11 is 0. The number of carboxylic acid groups (broad SMARTS) is 1. The summed E-state index contributed by atoms with van der Waals surface area (Å²) in [5.74, 6) is -2.79. The molecular weight excluding hydrogens is 399 g/mol. The Kier molecular flexibility index (Phi) is 31.0. The van der Waals surface area contributed by atoms with E-state index in [0.29, 0.717) is 0 Å². The van der Waals surface area contributed by atoms with Crippen molar-refractivity contribution in [3.05, 3.63) is 6.92 Å². The Hall–Kier alpha value is 0.380. The number of carbonyl (C=O) groups is 1. The molecule has 7 heteroatoms. The van der Waals surface area contributed by atoms with Crippen molar-refractivity contribution in [3.63, 3.8) is 0 Å². The van der Waals surface area contributed by atoms with Gasteiger partial charge in [0.15, 0.2) is 5.75 Å². The zero-order chi connectivity index (χ0) is 21.5. The molecule has 0 saturated carbocycles. The fraction of sp³-hybridized carbons (Fsp3) is 0.909. The van der Waals surface area contributed by atoms with Crippen LogP contribution in [0.4, 0.5) is 0 Å². The molecular formula is C22H45NaO5S. The molecule has 0 aliphatic rings. The van der Waals surface area contributed by atoms with E-state index in [-0.39, 0.29) is 29.6 Å². The second-order valence-corrected chi connectivity index (χ2v) is 9.08. The summed E-state index contributed by atoms with van der Waals surface area (Å²) in [4.78, 5) is 9.48. The van der Waals surface area contributed by atoms with Gasteiger partial charge in [-0.25, -0.2) is 0 Å². The predicted octanol–water partition coefficient (Wildman–Crippen LogP) is 3.82. The van der Waals surface area contributed by atoms with Crippen molar-refractivity contribution in [2.45, 2.75) is 122 Å². The fourth-order valence-corrected chi connectivity index (χ4v) is 3.37.